The number of aromatic amines is 4. The van der Waals surface area contributed by atoms with Gasteiger partial charge in [-0.05, 0) is 72.8 Å². The van der Waals surface area contributed by atoms with Gasteiger partial charge in [-0.1, -0.05) is 33.7 Å². The van der Waals surface area contributed by atoms with Crippen molar-refractivity contribution >= 4 is 83.0 Å². The van der Waals surface area contributed by atoms with E-state index in [9.17, 15) is 19.2 Å². The van der Waals surface area contributed by atoms with Gasteiger partial charge in [-0.2, -0.15) is 0 Å². The molecule has 0 saturated carbocycles. The number of aliphatic hydroxyl groups excluding tert-OH is 3. The van der Waals surface area contributed by atoms with Gasteiger partial charge in [0.25, 0.3) is 0 Å². The van der Waals surface area contributed by atoms with Crippen molar-refractivity contribution in [3.63, 3.8) is 0 Å². The molecule has 1 fully saturated rings. The van der Waals surface area contributed by atoms with E-state index in [0.29, 0.717) is 59.1 Å². The van der Waals surface area contributed by atoms with Crippen LogP contribution < -0.4 is 47.9 Å². The first kappa shape index (κ1) is 77.8. The number of amidine groups is 1. The number of ether oxygens (including phenoxy) is 2. The Morgan fingerprint density at radius 1 is 0.861 bits per heavy atom. The molecule has 25 nitrogen and oxygen atoms in total. The molecule has 397 valence electrons. The number of carbonyl (C=O) groups is 4. The van der Waals surface area contributed by atoms with Crippen LogP contribution in [0.15, 0.2) is 42.9 Å². The van der Waals surface area contributed by atoms with E-state index in [1.54, 1.807) is 37.9 Å². The van der Waals surface area contributed by atoms with Crippen molar-refractivity contribution < 1.29 is 64.3 Å². The molecular formula is C43H74AlClLiN16O9S. The number of imidazole rings is 4. The van der Waals surface area contributed by atoms with Crippen LogP contribution in [0.2, 0.25) is 0 Å². The molecule has 19 N–H and O–H groups in total. The minimum atomic E-state index is -1.14. The Bertz CT molecular complexity index is 2260. The molecule has 3 atom stereocenters. The molecule has 0 bridgehead atoms. The Labute approximate surface area is 455 Å². The van der Waals surface area contributed by atoms with E-state index in [1.807, 2.05) is 20.8 Å². The summed E-state index contributed by atoms with van der Waals surface area (Å²) in [5, 5.41) is 33.5. The molecule has 4 aromatic rings. The summed E-state index contributed by atoms with van der Waals surface area (Å²) in [7, 11) is 0. The van der Waals surface area contributed by atoms with Crippen LogP contribution in [0, 0.1) is 33.1 Å². The number of carbonyl (C=O) groups excluding carboxylic acids is 4. The van der Waals surface area contributed by atoms with Gasteiger partial charge in [-0.15, -0.1) is 16.1 Å². The number of Topliss-reactive ketones (excluding diaryl/α,β-unsaturated/α-hetero) is 1. The topological polar surface area (TPSA) is 440 Å². The predicted molar refractivity (Wildman–Crippen MR) is 280 cm³/mol. The molecule has 1 aliphatic rings. The number of nitrogens with one attached hydrogen (secondary N) is 5. The number of aromatic nitrogens is 8. The number of hydrogen-bond acceptors (Lipinski definition) is 19. The zero-order valence-corrected chi connectivity index (χ0v) is 44.4. The molecule has 0 aliphatic carbocycles. The number of halogens is 1. The smallest absolute Gasteiger partial charge is 1.00 e. The number of nitrogens with zero attached hydrogens (tertiary/aromatic N) is 6. The van der Waals surface area contributed by atoms with Crippen molar-refractivity contribution in [3.05, 3.63) is 107 Å². The minimum absolute atomic E-state index is 0. The molecule has 0 spiro atoms. The van der Waals surface area contributed by atoms with Crippen LogP contribution in [0.3, 0.4) is 0 Å². The molecule has 5 heterocycles. The summed E-state index contributed by atoms with van der Waals surface area (Å²) in [6.07, 6.45) is 5.50. The Hall–Kier alpha value is -5.65. The van der Waals surface area contributed by atoms with E-state index in [0.717, 1.165) is 35.5 Å². The number of H-pyrrole nitrogens is 4. The fourth-order valence-corrected chi connectivity index (χ4v) is 4.62. The third kappa shape index (κ3) is 30.3. The van der Waals surface area contributed by atoms with Gasteiger partial charge in [0.05, 0.1) is 75.1 Å². The Morgan fingerprint density at radius 2 is 1.29 bits per heavy atom. The maximum atomic E-state index is 11.3. The summed E-state index contributed by atoms with van der Waals surface area (Å²) in [5.41, 5.74) is 26.0. The van der Waals surface area contributed by atoms with E-state index in [1.165, 1.54) is 13.0 Å². The summed E-state index contributed by atoms with van der Waals surface area (Å²) in [6, 6.07) is -0.0829. The van der Waals surface area contributed by atoms with Gasteiger partial charge >= 0.3 is 30.8 Å². The van der Waals surface area contributed by atoms with Crippen molar-refractivity contribution in [3.8, 4) is 0 Å². The standard InChI is InChI=1S/C9H12N2O2.C7H10N4OS.C7H14N4O.C7H10N2O.C6H9ClO3.C3H6N2.C3H5NO.CH4.Al.Li.H3N.H/c1-4-7-10-6(3)8(11-7)9(12)13-5-2;1-4-5(3-12)9-7(8-4)6-2-11(6)10-13;1-4-6(3-12)11-7(10-4)5(9)2-8;1-3-7-8-5(2)6(4-10)9-7;1-3-10-6(9)5(7)4(2)8;2*1-2-3(4)5;;;;;/h4H,1,5H2,2-3H3,(H,10,11);6,12H,2-3H2,1H3,(H,8,9);5,12H,2-3,8-9H2,1H3,(H,10,11);3,10H,1,4H2,2H3,(H,8,9);5H,3H2,1-2H3;2H,1H2,(H3,4,5);2H,1H2,(H2,4,5);1H4;;;1H3;/q;;;;;;;;;+1;;-1. The normalized spacial score (nSPS) is 11.6. The second-order valence-corrected chi connectivity index (χ2v) is 13.9. The Morgan fingerprint density at radius 3 is 1.61 bits per heavy atom. The molecule has 72 heavy (non-hydrogen) atoms. The Balaban J connectivity index is -0.000000141. The largest absolute Gasteiger partial charge is 1.00 e. The number of alkyl halides is 1. The number of amides is 1. The molecule has 29 heteroatoms. The van der Waals surface area contributed by atoms with Gasteiger partial charge in [0, 0.05) is 46.7 Å². The van der Waals surface area contributed by atoms with E-state index in [4.69, 9.17) is 54.3 Å². The van der Waals surface area contributed by atoms with E-state index >= 15 is 0 Å². The van der Waals surface area contributed by atoms with E-state index in [-0.39, 0.29) is 101 Å². The second-order valence-electron chi connectivity index (χ2n) is 13.3. The van der Waals surface area contributed by atoms with Gasteiger partial charge in [0.15, 0.2) is 16.9 Å². The molecule has 5 rings (SSSR count). The van der Waals surface area contributed by atoms with Gasteiger partial charge in [0.2, 0.25) is 5.91 Å². The van der Waals surface area contributed by atoms with Gasteiger partial charge in [-0.25, -0.2) is 29.5 Å². The van der Waals surface area contributed by atoms with Crippen LogP contribution in [0.25, 0.3) is 12.2 Å². The molecule has 1 aliphatic heterocycles. The van der Waals surface area contributed by atoms with Crippen LogP contribution in [0.5, 0.6) is 0 Å². The van der Waals surface area contributed by atoms with Gasteiger partial charge in [-0.3, -0.25) is 20.0 Å². The monoisotopic (exact) mass is 1060 g/mol. The van der Waals surface area contributed by atoms with Gasteiger partial charge in [0.1, 0.15) is 35.2 Å². The number of rotatable bonds is 16. The quantitative estimate of drug-likeness (QED) is 0.0101. The molecule has 1 saturated heterocycles. The van der Waals surface area contributed by atoms with Crippen molar-refractivity contribution in [2.75, 3.05) is 26.3 Å². The number of ketones is 1. The number of hydrogen-bond donors (Lipinski definition) is 13. The third-order valence-corrected chi connectivity index (χ3v) is 8.80. The van der Waals surface area contributed by atoms with Crippen LogP contribution in [0.4, 0.5) is 0 Å². The Kier molecular flexibility index (Phi) is 46.4. The predicted octanol–water partition coefficient (Wildman–Crippen LogP) is -0.181. The van der Waals surface area contributed by atoms with Crippen LogP contribution in [-0.4, -0.2) is 139 Å². The maximum absolute atomic E-state index is 11.3. The first-order valence-corrected chi connectivity index (χ1v) is 21.1. The second kappa shape index (κ2) is 43.0. The first-order valence-electron chi connectivity index (χ1n) is 20.3. The van der Waals surface area contributed by atoms with Crippen molar-refractivity contribution in [2.24, 2.45) is 27.4 Å². The first-order chi connectivity index (χ1) is 32.0. The zero-order valence-electron chi connectivity index (χ0n) is 42.7. The SMILES string of the molecule is C.C=CC(=N)N.C=CC(N)=O.C=Cc1nc(C(=O)OCC)c(C)[nH]1.C=Cc1nc(CO)c(C)[nH]1.CCOC(=O)C(Cl)C(C)=O.Cc1[nH]c(C(N)CN)nc1CO.Cc1[nH]c(C2CN2N=S)nc1CO.N.[Al].[H-].[Li+]. The van der Waals surface area contributed by atoms with Crippen molar-refractivity contribution in [1.29, 1.82) is 5.41 Å². The summed E-state index contributed by atoms with van der Waals surface area (Å²) in [6.45, 7) is 27.1. The number of nitrogens with two attached hydrogens (primary N) is 4. The number of aliphatic hydroxyl groups is 3. The zero-order chi connectivity index (χ0) is 52.7. The van der Waals surface area contributed by atoms with Crippen LogP contribution in [-0.2, 0) is 56.1 Å². The minimum Gasteiger partial charge on any atom is -1.00 e. The number of aryl methyl sites for hydroxylation is 4. The van der Waals surface area contributed by atoms with Crippen LogP contribution in [0.1, 0.15) is 115 Å². The van der Waals surface area contributed by atoms with Crippen molar-refractivity contribution in [1.82, 2.24) is 51.0 Å². The van der Waals surface area contributed by atoms with Gasteiger partial charge < -0.3 is 75.2 Å². The fraction of sp³-hybridized carbons (Fsp3) is 0.419. The van der Waals surface area contributed by atoms with E-state index in [2.05, 4.69) is 93.6 Å². The average Bonchev–Trinajstić information content (AvgIpc) is 3.54. The molecule has 4 aromatic heterocycles. The summed E-state index contributed by atoms with van der Waals surface area (Å²) >= 11 is 9.86. The average molecular weight is 1060 g/mol. The van der Waals surface area contributed by atoms with Crippen LogP contribution >= 0.6 is 11.6 Å². The van der Waals surface area contributed by atoms with Crippen molar-refractivity contribution in [2.45, 2.75) is 93.2 Å². The number of esters is 2. The molecule has 3 unspecified atom stereocenters. The molecule has 1 amide bonds. The molecular weight excluding hydrogens is 986 g/mol. The summed E-state index contributed by atoms with van der Waals surface area (Å²) in [5.74, 6) is 0.854. The fourth-order valence-electron chi connectivity index (χ4n) is 4.38. The van der Waals surface area contributed by atoms with E-state index < -0.39 is 23.2 Å². The maximum Gasteiger partial charge on any atom is 1.00 e. The molecule has 3 radical (unpaired) electrons. The number of primary amides is 1. The third-order valence-electron chi connectivity index (χ3n) is 8.10. The summed E-state index contributed by atoms with van der Waals surface area (Å²) in [4.78, 5) is 70.0. The molecule has 0 aromatic carbocycles. The summed E-state index contributed by atoms with van der Waals surface area (Å²) < 4.78 is 12.9.